The lowest BCUT2D eigenvalue weighted by Crippen LogP contribution is -2.61. The Hall–Kier alpha value is -2.30. The quantitative estimate of drug-likeness (QED) is 0.369. The average molecular weight is 603 g/mol. The van der Waals surface area contributed by atoms with Crippen LogP contribution in [-0.4, -0.2) is 39.4 Å². The highest BCUT2D eigenvalue weighted by atomic mass is 79.9. The van der Waals surface area contributed by atoms with Crippen molar-refractivity contribution in [2.75, 3.05) is 23.8 Å². The Balaban J connectivity index is 1.63. The van der Waals surface area contributed by atoms with Crippen LogP contribution in [0.3, 0.4) is 0 Å². The standard InChI is InChI=1S/C26H18BrClFN3O2S2/c1-31-13-20(14-2-7-17(29)8-3-14)26(25(31)19-12-15(27)4-11-21(19)30-22(25)33)23(34)32(24(35)36-26)18-9-5-16(28)6-10-18/h2-12,20H,13H2,1H3,(H,30,33). The molecule has 2 amide bonds. The van der Waals surface area contributed by atoms with Gasteiger partial charge in [-0.05, 0) is 67.2 Å². The SMILES string of the molecule is CN1CC(c2ccc(F)cc2)C2(SC(=S)N(c3ccc(Cl)cc3)C2=O)C12C(=O)Nc1ccc(Br)cc12. The molecule has 2 saturated heterocycles. The highest BCUT2D eigenvalue weighted by Gasteiger charge is 2.77. The fourth-order valence-electron chi connectivity index (χ4n) is 5.86. The van der Waals surface area contributed by atoms with Gasteiger partial charge >= 0.3 is 0 Å². The zero-order valence-corrected chi connectivity index (χ0v) is 22.8. The number of carbonyl (C=O) groups is 2. The van der Waals surface area contributed by atoms with E-state index in [4.69, 9.17) is 23.8 Å². The summed E-state index contributed by atoms with van der Waals surface area (Å²) in [4.78, 5) is 32.2. The molecule has 3 aliphatic rings. The third kappa shape index (κ3) is 3.07. The number of nitrogens with zero attached hydrogens (tertiary/aromatic N) is 2. The molecule has 3 unspecified atom stereocenters. The maximum absolute atomic E-state index is 14.7. The van der Waals surface area contributed by atoms with Crippen LogP contribution in [0.2, 0.25) is 5.02 Å². The smallest absolute Gasteiger partial charge is 0.252 e. The molecule has 3 aliphatic heterocycles. The number of fused-ring (bicyclic) bond motifs is 3. The van der Waals surface area contributed by atoms with E-state index in [1.54, 1.807) is 36.4 Å². The van der Waals surface area contributed by atoms with Gasteiger partial charge in [0.05, 0.1) is 5.69 Å². The fourth-order valence-corrected chi connectivity index (χ4v) is 8.52. The van der Waals surface area contributed by atoms with E-state index >= 15 is 0 Å². The summed E-state index contributed by atoms with van der Waals surface area (Å²) < 4.78 is 13.7. The molecular weight excluding hydrogens is 585 g/mol. The van der Waals surface area contributed by atoms with Crippen molar-refractivity contribution >= 4 is 79.0 Å². The fraction of sp³-hybridized carbons (Fsp3) is 0.192. The van der Waals surface area contributed by atoms with Crippen molar-refractivity contribution < 1.29 is 14.0 Å². The molecule has 6 rings (SSSR count). The van der Waals surface area contributed by atoms with Gasteiger partial charge in [0.1, 0.15) is 14.9 Å². The van der Waals surface area contributed by atoms with Gasteiger partial charge in [-0.3, -0.25) is 19.4 Å². The number of likely N-dealkylation sites (N-methyl/N-ethyl adjacent to an activating group) is 1. The van der Waals surface area contributed by atoms with Crippen LogP contribution in [0.15, 0.2) is 71.2 Å². The first-order valence-electron chi connectivity index (χ1n) is 11.1. The van der Waals surface area contributed by atoms with E-state index in [1.165, 1.54) is 28.8 Å². The van der Waals surface area contributed by atoms with Gasteiger partial charge in [0, 0.05) is 33.2 Å². The van der Waals surface area contributed by atoms with Crippen molar-refractivity contribution in [3.8, 4) is 0 Å². The summed E-state index contributed by atoms with van der Waals surface area (Å²) in [7, 11) is 1.85. The molecule has 0 radical (unpaired) electrons. The van der Waals surface area contributed by atoms with E-state index in [1.807, 2.05) is 30.1 Å². The van der Waals surface area contributed by atoms with Gasteiger partial charge in [0.2, 0.25) is 0 Å². The summed E-state index contributed by atoms with van der Waals surface area (Å²) in [5, 5.41) is 3.55. The summed E-state index contributed by atoms with van der Waals surface area (Å²) in [5.74, 6) is -1.40. The summed E-state index contributed by atoms with van der Waals surface area (Å²) in [6.07, 6.45) is 0. The van der Waals surface area contributed by atoms with Gasteiger partial charge in [-0.1, -0.05) is 63.6 Å². The molecular formula is C26H18BrClFN3O2S2. The molecule has 2 fully saturated rings. The van der Waals surface area contributed by atoms with E-state index in [2.05, 4.69) is 21.2 Å². The van der Waals surface area contributed by atoms with Crippen LogP contribution >= 0.6 is 51.5 Å². The Bertz CT molecular complexity index is 1450. The lowest BCUT2D eigenvalue weighted by molar-refractivity contribution is -0.132. The van der Waals surface area contributed by atoms with Crippen molar-refractivity contribution in [2.24, 2.45) is 0 Å². The molecule has 1 N–H and O–H groups in total. The molecule has 3 aromatic carbocycles. The van der Waals surface area contributed by atoms with Crippen LogP contribution in [-0.2, 0) is 15.1 Å². The number of thioether (sulfide) groups is 1. The number of benzene rings is 3. The largest absolute Gasteiger partial charge is 0.324 e. The average Bonchev–Trinajstić information content (AvgIpc) is 3.39. The van der Waals surface area contributed by atoms with Crippen LogP contribution in [0.5, 0.6) is 0 Å². The lowest BCUT2D eigenvalue weighted by Gasteiger charge is -2.41. The number of hydrogen-bond acceptors (Lipinski definition) is 5. The van der Waals surface area contributed by atoms with Crippen molar-refractivity contribution in [3.63, 3.8) is 0 Å². The summed E-state index contributed by atoms with van der Waals surface area (Å²) in [6.45, 7) is 0.390. The van der Waals surface area contributed by atoms with Gasteiger partial charge in [-0.15, -0.1) is 0 Å². The molecule has 0 aromatic heterocycles. The highest BCUT2D eigenvalue weighted by Crippen LogP contribution is 2.66. The van der Waals surface area contributed by atoms with Gasteiger partial charge in [0.25, 0.3) is 11.8 Å². The first kappa shape index (κ1) is 24.1. The van der Waals surface area contributed by atoms with Gasteiger partial charge < -0.3 is 5.32 Å². The first-order chi connectivity index (χ1) is 17.2. The number of rotatable bonds is 2. The third-order valence-electron chi connectivity index (χ3n) is 7.31. The second-order valence-electron chi connectivity index (χ2n) is 9.06. The molecule has 0 aliphatic carbocycles. The molecule has 3 aromatic rings. The minimum Gasteiger partial charge on any atom is -0.324 e. The van der Waals surface area contributed by atoms with Crippen molar-refractivity contribution in [3.05, 3.63) is 93.2 Å². The molecule has 2 spiro atoms. The molecule has 10 heteroatoms. The molecule has 0 bridgehead atoms. The summed E-state index contributed by atoms with van der Waals surface area (Å²) >= 11 is 16.7. The molecule has 3 atom stereocenters. The molecule has 182 valence electrons. The number of hydrogen-bond donors (Lipinski definition) is 1. The second-order valence-corrected chi connectivity index (χ2v) is 12.3. The molecule has 0 saturated carbocycles. The minimum atomic E-state index is -1.35. The van der Waals surface area contributed by atoms with Gasteiger partial charge in [-0.2, -0.15) is 0 Å². The Morgan fingerprint density at radius 1 is 1.11 bits per heavy atom. The molecule has 5 nitrogen and oxygen atoms in total. The number of anilines is 2. The monoisotopic (exact) mass is 601 g/mol. The van der Waals surface area contributed by atoms with Gasteiger partial charge in [-0.25, -0.2) is 4.39 Å². The van der Waals surface area contributed by atoms with Gasteiger partial charge in [0.15, 0.2) is 5.54 Å². The van der Waals surface area contributed by atoms with Crippen molar-refractivity contribution in [1.29, 1.82) is 0 Å². The van der Waals surface area contributed by atoms with Crippen LogP contribution in [0, 0.1) is 5.82 Å². The summed E-state index contributed by atoms with van der Waals surface area (Å²) in [5.41, 5.74) is 1.35. The highest BCUT2D eigenvalue weighted by molar-refractivity contribution is 9.10. The van der Waals surface area contributed by atoms with Crippen LogP contribution < -0.4 is 10.2 Å². The summed E-state index contributed by atoms with van der Waals surface area (Å²) in [6, 6.07) is 18.6. The number of thiocarbonyl (C=S) groups is 1. The van der Waals surface area contributed by atoms with E-state index < -0.39 is 16.2 Å². The Labute approximate surface area is 230 Å². The predicted octanol–water partition coefficient (Wildman–Crippen LogP) is 5.92. The van der Waals surface area contributed by atoms with Crippen LogP contribution in [0.4, 0.5) is 15.8 Å². The Morgan fingerprint density at radius 3 is 2.50 bits per heavy atom. The van der Waals surface area contributed by atoms with E-state index in [-0.39, 0.29) is 17.6 Å². The maximum Gasteiger partial charge on any atom is 0.252 e. The van der Waals surface area contributed by atoms with E-state index in [0.29, 0.717) is 32.8 Å². The maximum atomic E-state index is 14.7. The topological polar surface area (TPSA) is 52.7 Å². The second kappa shape index (κ2) is 8.36. The third-order valence-corrected chi connectivity index (χ3v) is 9.93. The number of halogens is 3. The van der Waals surface area contributed by atoms with Crippen molar-refractivity contribution in [2.45, 2.75) is 16.2 Å². The van der Waals surface area contributed by atoms with Crippen LogP contribution in [0.1, 0.15) is 17.0 Å². The molecule has 36 heavy (non-hydrogen) atoms. The first-order valence-corrected chi connectivity index (χ1v) is 13.5. The molecule has 3 heterocycles. The van der Waals surface area contributed by atoms with E-state index in [9.17, 15) is 14.0 Å². The number of carbonyl (C=O) groups excluding carboxylic acids is 2. The van der Waals surface area contributed by atoms with Crippen molar-refractivity contribution in [1.82, 2.24) is 4.90 Å². The number of likely N-dealkylation sites (tertiary alicyclic amines) is 1. The lowest BCUT2D eigenvalue weighted by atomic mass is 9.72. The normalized spacial score (nSPS) is 27.4. The Morgan fingerprint density at radius 2 is 1.81 bits per heavy atom. The van der Waals surface area contributed by atoms with E-state index in [0.717, 1.165) is 10.0 Å². The minimum absolute atomic E-state index is 0.288. The zero-order valence-electron chi connectivity index (χ0n) is 18.8. The predicted molar refractivity (Wildman–Crippen MR) is 148 cm³/mol. The zero-order chi connectivity index (χ0) is 25.4. The van der Waals surface area contributed by atoms with Crippen LogP contribution in [0.25, 0.3) is 0 Å². The number of nitrogens with one attached hydrogen (secondary N) is 1. The number of amides is 2. The Kier molecular flexibility index (Phi) is 5.59.